The van der Waals surface area contributed by atoms with Gasteiger partial charge in [-0.15, -0.1) is 0 Å². The van der Waals surface area contributed by atoms with Gasteiger partial charge in [0.2, 0.25) is 5.91 Å². The molecule has 0 fully saturated rings. The molecule has 0 aliphatic rings. The topological polar surface area (TPSA) is 106 Å². The number of aromatic nitrogens is 3. The van der Waals surface area contributed by atoms with Crippen LogP contribution >= 0.6 is 0 Å². The number of alkyl halides is 3. The van der Waals surface area contributed by atoms with E-state index in [4.69, 9.17) is 0 Å². The normalized spacial score (nSPS) is 12.8. The zero-order chi connectivity index (χ0) is 19.6. The van der Waals surface area contributed by atoms with Crippen molar-refractivity contribution in [3.8, 4) is 0 Å². The highest BCUT2D eigenvalue weighted by Gasteiger charge is 2.37. The van der Waals surface area contributed by atoms with Crippen molar-refractivity contribution in [1.82, 2.24) is 19.9 Å². The van der Waals surface area contributed by atoms with Gasteiger partial charge in [0.05, 0.1) is 20.0 Å². The SMILES string of the molecule is COC(=O)C(CC(F)(F)F)NC(=O)Cc1c(C)nc2cc(=O)[nH]n2c1C. The summed E-state index contributed by atoms with van der Waals surface area (Å²) in [5.41, 5.74) is 1.37. The summed E-state index contributed by atoms with van der Waals surface area (Å²) in [4.78, 5) is 39.3. The first-order valence-corrected chi connectivity index (χ1v) is 7.53. The number of aromatic amines is 1. The monoisotopic (exact) mass is 374 g/mol. The molecule has 26 heavy (non-hydrogen) atoms. The number of rotatable bonds is 5. The van der Waals surface area contributed by atoms with E-state index in [2.05, 4.69) is 14.8 Å². The highest BCUT2D eigenvalue weighted by atomic mass is 19.4. The highest BCUT2D eigenvalue weighted by Crippen LogP contribution is 2.22. The summed E-state index contributed by atoms with van der Waals surface area (Å²) in [6.07, 6.45) is -6.50. The predicted octanol–water partition coefficient (Wildman–Crippen LogP) is 0.792. The van der Waals surface area contributed by atoms with E-state index in [0.717, 1.165) is 7.11 Å². The van der Waals surface area contributed by atoms with Crippen molar-refractivity contribution in [2.45, 2.75) is 38.9 Å². The number of hydrogen-bond acceptors (Lipinski definition) is 5. The van der Waals surface area contributed by atoms with Gasteiger partial charge < -0.3 is 10.1 Å². The molecule has 0 saturated heterocycles. The van der Waals surface area contributed by atoms with Gasteiger partial charge in [-0.1, -0.05) is 0 Å². The molecule has 0 bridgehead atoms. The van der Waals surface area contributed by atoms with Crippen LogP contribution in [0.4, 0.5) is 13.2 Å². The Morgan fingerprint density at radius 2 is 2.04 bits per heavy atom. The number of carbonyl (C=O) groups is 2. The van der Waals surface area contributed by atoms with Crippen LogP contribution in [0.1, 0.15) is 23.4 Å². The highest BCUT2D eigenvalue weighted by molar-refractivity contribution is 5.85. The Balaban J connectivity index is 2.24. The van der Waals surface area contributed by atoms with E-state index in [0.29, 0.717) is 22.6 Å². The Hall–Kier alpha value is -2.85. The van der Waals surface area contributed by atoms with E-state index in [1.165, 1.54) is 10.6 Å². The molecule has 0 aromatic carbocycles. The van der Waals surface area contributed by atoms with Crippen LogP contribution in [-0.2, 0) is 20.7 Å². The quantitative estimate of drug-likeness (QED) is 0.753. The Kier molecular flexibility index (Phi) is 5.38. The molecular weight excluding hydrogens is 357 g/mol. The fraction of sp³-hybridized carbons (Fsp3) is 0.467. The maximum absolute atomic E-state index is 12.6. The van der Waals surface area contributed by atoms with Gasteiger partial charge in [-0.05, 0) is 13.8 Å². The smallest absolute Gasteiger partial charge is 0.391 e. The summed E-state index contributed by atoms with van der Waals surface area (Å²) in [7, 11) is 0.937. The van der Waals surface area contributed by atoms with Gasteiger partial charge in [-0.2, -0.15) is 13.2 Å². The standard InChI is InChI=1S/C15H17F3N4O4/c1-7-9(8(2)22-11(19-7)5-13(24)21-22)4-12(23)20-10(14(25)26-3)6-15(16,17)18/h5,10H,4,6H2,1-3H3,(H,20,23)(H,21,24). The van der Waals surface area contributed by atoms with Crippen LogP contribution in [0.2, 0.25) is 0 Å². The van der Waals surface area contributed by atoms with Gasteiger partial charge in [0, 0.05) is 23.0 Å². The van der Waals surface area contributed by atoms with Crippen LogP contribution < -0.4 is 10.9 Å². The molecule has 8 nitrogen and oxygen atoms in total. The molecular formula is C15H17F3N4O4. The maximum atomic E-state index is 12.6. The number of ether oxygens (including phenoxy) is 1. The third-order valence-corrected chi connectivity index (χ3v) is 3.80. The van der Waals surface area contributed by atoms with Crippen LogP contribution in [0, 0.1) is 13.8 Å². The molecule has 2 aromatic rings. The third kappa shape index (κ3) is 4.41. The lowest BCUT2D eigenvalue weighted by Gasteiger charge is -2.18. The fourth-order valence-electron chi connectivity index (χ4n) is 2.58. The predicted molar refractivity (Wildman–Crippen MR) is 83.6 cm³/mol. The van der Waals surface area contributed by atoms with Crippen LogP contribution in [0.5, 0.6) is 0 Å². The van der Waals surface area contributed by atoms with Crippen molar-refractivity contribution in [2.24, 2.45) is 0 Å². The number of fused-ring (bicyclic) bond motifs is 1. The minimum absolute atomic E-state index is 0.313. The molecule has 2 rings (SSSR count). The molecule has 142 valence electrons. The molecule has 1 amide bonds. The van der Waals surface area contributed by atoms with Crippen molar-refractivity contribution in [3.63, 3.8) is 0 Å². The summed E-state index contributed by atoms with van der Waals surface area (Å²) in [5.74, 6) is -1.99. The number of nitrogens with zero attached hydrogens (tertiary/aromatic N) is 2. The Bertz CT molecular complexity index is 901. The van der Waals surface area contributed by atoms with E-state index in [1.54, 1.807) is 13.8 Å². The van der Waals surface area contributed by atoms with Crippen LogP contribution in [0.3, 0.4) is 0 Å². The van der Waals surface area contributed by atoms with Gasteiger partial charge in [-0.25, -0.2) is 14.3 Å². The van der Waals surface area contributed by atoms with Crippen molar-refractivity contribution in [2.75, 3.05) is 7.11 Å². The van der Waals surface area contributed by atoms with Crippen LogP contribution in [-0.4, -0.2) is 45.8 Å². The first-order valence-electron chi connectivity index (χ1n) is 7.53. The number of halogens is 3. The lowest BCUT2D eigenvalue weighted by Crippen LogP contribution is -2.45. The van der Waals surface area contributed by atoms with E-state index < -0.39 is 30.5 Å². The molecule has 0 aliphatic carbocycles. The molecule has 11 heteroatoms. The summed E-state index contributed by atoms with van der Waals surface area (Å²) in [6.45, 7) is 3.24. The van der Waals surface area contributed by atoms with Gasteiger partial charge >= 0.3 is 12.1 Å². The van der Waals surface area contributed by atoms with Gasteiger partial charge in [0.25, 0.3) is 5.56 Å². The minimum Gasteiger partial charge on any atom is -0.467 e. The molecule has 0 radical (unpaired) electrons. The number of aryl methyl sites for hydroxylation is 2. The molecule has 2 heterocycles. The molecule has 0 spiro atoms. The molecule has 0 aliphatic heterocycles. The van der Waals surface area contributed by atoms with E-state index in [-0.39, 0.29) is 12.0 Å². The van der Waals surface area contributed by atoms with Crippen molar-refractivity contribution < 1.29 is 27.5 Å². The molecule has 1 unspecified atom stereocenters. The summed E-state index contributed by atoms with van der Waals surface area (Å²) in [6, 6.07) is -0.559. The third-order valence-electron chi connectivity index (χ3n) is 3.80. The molecule has 2 aromatic heterocycles. The van der Waals surface area contributed by atoms with Gasteiger partial charge in [0.15, 0.2) is 5.65 Å². The Morgan fingerprint density at radius 1 is 1.38 bits per heavy atom. The number of hydrogen-bond donors (Lipinski definition) is 2. The number of H-pyrrole nitrogens is 1. The maximum Gasteiger partial charge on any atom is 0.391 e. The van der Waals surface area contributed by atoms with Crippen molar-refractivity contribution >= 4 is 17.5 Å². The number of amides is 1. The first-order chi connectivity index (χ1) is 12.0. The lowest BCUT2D eigenvalue weighted by atomic mass is 10.1. The molecule has 1 atom stereocenters. The first kappa shape index (κ1) is 19.5. The Labute approximate surface area is 145 Å². The second-order valence-corrected chi connectivity index (χ2v) is 5.71. The summed E-state index contributed by atoms with van der Waals surface area (Å²) in [5, 5.41) is 4.55. The second kappa shape index (κ2) is 7.18. The van der Waals surface area contributed by atoms with Gasteiger partial charge in [0.1, 0.15) is 6.04 Å². The number of nitrogens with one attached hydrogen (secondary N) is 2. The minimum atomic E-state index is -4.65. The van der Waals surface area contributed by atoms with Crippen LogP contribution in [0.25, 0.3) is 5.65 Å². The lowest BCUT2D eigenvalue weighted by molar-refractivity contribution is -0.162. The number of carbonyl (C=O) groups excluding carboxylic acids is 2. The van der Waals surface area contributed by atoms with Crippen molar-refractivity contribution in [3.05, 3.63) is 33.4 Å². The number of methoxy groups -OCH3 is 1. The Morgan fingerprint density at radius 3 is 2.62 bits per heavy atom. The second-order valence-electron chi connectivity index (χ2n) is 5.71. The van der Waals surface area contributed by atoms with Crippen LogP contribution in [0.15, 0.2) is 10.9 Å². The molecule has 2 N–H and O–H groups in total. The van der Waals surface area contributed by atoms with Gasteiger partial charge in [-0.3, -0.25) is 14.7 Å². The average Bonchev–Trinajstić information content (AvgIpc) is 2.89. The largest absolute Gasteiger partial charge is 0.467 e. The van der Waals surface area contributed by atoms with E-state index >= 15 is 0 Å². The molecule has 0 saturated carbocycles. The fourth-order valence-corrected chi connectivity index (χ4v) is 2.58. The number of esters is 1. The zero-order valence-corrected chi connectivity index (χ0v) is 14.2. The van der Waals surface area contributed by atoms with Crippen molar-refractivity contribution in [1.29, 1.82) is 0 Å². The zero-order valence-electron chi connectivity index (χ0n) is 14.2. The average molecular weight is 374 g/mol. The summed E-state index contributed by atoms with van der Waals surface area (Å²) < 4.78 is 43.4. The summed E-state index contributed by atoms with van der Waals surface area (Å²) >= 11 is 0. The van der Waals surface area contributed by atoms with E-state index in [9.17, 15) is 27.6 Å². The van der Waals surface area contributed by atoms with E-state index in [1.807, 2.05) is 5.32 Å².